The van der Waals surface area contributed by atoms with Gasteiger partial charge in [0, 0.05) is 74.3 Å². The summed E-state index contributed by atoms with van der Waals surface area (Å²) in [7, 11) is 3.65. The van der Waals surface area contributed by atoms with Crippen LogP contribution in [-0.4, -0.2) is 80.5 Å². The van der Waals surface area contributed by atoms with Crippen LogP contribution in [0.4, 0.5) is 0 Å². The van der Waals surface area contributed by atoms with Gasteiger partial charge in [0.15, 0.2) is 5.82 Å². The molecule has 3 aromatic heterocycles. The second-order valence-electron chi connectivity index (χ2n) is 8.49. The van der Waals surface area contributed by atoms with Crippen LogP contribution in [0.2, 0.25) is 0 Å². The number of nitrogens with zero attached hydrogens (tertiary/aromatic N) is 7. The summed E-state index contributed by atoms with van der Waals surface area (Å²) >= 11 is 0. The molecule has 34 heavy (non-hydrogen) atoms. The number of hydrogen-bond donors (Lipinski definition) is 0. The highest BCUT2D eigenvalue weighted by atomic mass is 16.5. The third-order valence-corrected chi connectivity index (χ3v) is 6.10. The Morgan fingerprint density at radius 2 is 1.74 bits per heavy atom. The molecule has 5 rings (SSSR count). The highest BCUT2D eigenvalue weighted by Gasteiger charge is 2.22. The average Bonchev–Trinajstić information content (AvgIpc) is 3.53. The molecule has 0 aliphatic carbocycles. The third kappa shape index (κ3) is 5.06. The molecule has 4 heterocycles. The van der Waals surface area contributed by atoms with Crippen molar-refractivity contribution in [3.8, 4) is 33.6 Å². The van der Waals surface area contributed by atoms with Gasteiger partial charge in [-0.05, 0) is 11.6 Å². The van der Waals surface area contributed by atoms with Crippen LogP contribution >= 0.6 is 0 Å². The number of aryl methyl sites for hydroxylation is 1. The molecule has 0 N–H and O–H groups in total. The van der Waals surface area contributed by atoms with Gasteiger partial charge in [0.1, 0.15) is 0 Å². The summed E-state index contributed by atoms with van der Waals surface area (Å²) < 4.78 is 14.7. The fourth-order valence-corrected chi connectivity index (χ4v) is 4.23. The first-order valence-corrected chi connectivity index (χ1v) is 11.4. The number of ether oxygens (including phenoxy) is 2. The highest BCUT2D eigenvalue weighted by Crippen LogP contribution is 2.25. The molecule has 1 aliphatic rings. The zero-order chi connectivity index (χ0) is 23.3. The van der Waals surface area contributed by atoms with Crippen LogP contribution in [0, 0.1) is 0 Å². The number of rotatable bonds is 8. The molecule has 1 saturated heterocycles. The molecular formula is C25H29N7O2. The first-order chi connectivity index (χ1) is 16.7. The summed E-state index contributed by atoms with van der Waals surface area (Å²) in [5.74, 6) is 0.693. The van der Waals surface area contributed by atoms with Crippen molar-refractivity contribution >= 4 is 0 Å². The van der Waals surface area contributed by atoms with E-state index in [9.17, 15) is 0 Å². The largest absolute Gasteiger partial charge is 0.383 e. The summed E-state index contributed by atoms with van der Waals surface area (Å²) in [5.41, 5.74) is 5.08. The van der Waals surface area contributed by atoms with Crippen LogP contribution < -0.4 is 0 Å². The Kier molecular flexibility index (Phi) is 6.75. The van der Waals surface area contributed by atoms with E-state index in [0.29, 0.717) is 25.1 Å². The number of morpholine rings is 1. The number of hydrogen-bond acceptors (Lipinski definition) is 7. The van der Waals surface area contributed by atoms with Crippen LogP contribution in [-0.2, 0) is 23.1 Å². The maximum Gasteiger partial charge on any atom is 0.159 e. The van der Waals surface area contributed by atoms with Crippen molar-refractivity contribution in [1.82, 2.24) is 34.4 Å². The number of aromatic nitrogens is 6. The number of methoxy groups -OCH3 is 1. The number of benzene rings is 1. The van der Waals surface area contributed by atoms with Gasteiger partial charge in [-0.3, -0.25) is 14.3 Å². The lowest BCUT2D eigenvalue weighted by Crippen LogP contribution is -2.48. The Morgan fingerprint density at radius 3 is 2.53 bits per heavy atom. The Bertz CT molecular complexity index is 1220. The molecule has 1 fully saturated rings. The molecular weight excluding hydrogens is 430 g/mol. The quantitative estimate of drug-likeness (QED) is 0.401. The lowest BCUT2D eigenvalue weighted by Gasteiger charge is -2.34. The molecule has 4 aromatic rings. The van der Waals surface area contributed by atoms with Crippen molar-refractivity contribution in [1.29, 1.82) is 0 Å². The van der Waals surface area contributed by atoms with E-state index in [1.54, 1.807) is 11.8 Å². The van der Waals surface area contributed by atoms with Gasteiger partial charge in [-0.1, -0.05) is 18.2 Å². The maximum absolute atomic E-state index is 5.59. The van der Waals surface area contributed by atoms with E-state index >= 15 is 0 Å². The van der Waals surface area contributed by atoms with Gasteiger partial charge in [0.05, 0.1) is 44.8 Å². The molecule has 9 heteroatoms. The molecule has 0 spiro atoms. The Balaban J connectivity index is 1.25. The minimum Gasteiger partial charge on any atom is -0.383 e. The molecule has 0 amide bonds. The fraction of sp³-hybridized carbons (Fsp3) is 0.360. The Morgan fingerprint density at radius 1 is 0.941 bits per heavy atom. The van der Waals surface area contributed by atoms with Crippen molar-refractivity contribution < 1.29 is 9.47 Å². The van der Waals surface area contributed by atoms with Crippen LogP contribution in [0.1, 0.15) is 0 Å². The summed E-state index contributed by atoms with van der Waals surface area (Å²) in [6, 6.07) is 8.50. The van der Waals surface area contributed by atoms with Gasteiger partial charge in [-0.2, -0.15) is 10.2 Å². The standard InChI is InChI=1S/C25H29N7O2/c1-30-15-22(13-28-30)19-4-3-5-20(10-19)25-26-11-21(12-27-25)23-14-29-32(16-23)7-6-31-8-9-34-18-24(31)17-33-2/h3-5,10-16,24H,6-9,17-18H2,1-2H3. The smallest absolute Gasteiger partial charge is 0.159 e. The maximum atomic E-state index is 5.59. The normalized spacial score (nSPS) is 16.7. The summed E-state index contributed by atoms with van der Waals surface area (Å²) in [4.78, 5) is 11.6. The zero-order valence-corrected chi connectivity index (χ0v) is 19.5. The van der Waals surface area contributed by atoms with Crippen LogP contribution in [0.25, 0.3) is 33.6 Å². The van der Waals surface area contributed by atoms with E-state index in [1.807, 2.05) is 61.0 Å². The predicted molar refractivity (Wildman–Crippen MR) is 129 cm³/mol. The van der Waals surface area contributed by atoms with Gasteiger partial charge in [0.2, 0.25) is 0 Å². The predicted octanol–water partition coefficient (Wildman–Crippen LogP) is 2.75. The summed E-state index contributed by atoms with van der Waals surface area (Å²) in [5, 5.41) is 8.80. The molecule has 1 atom stereocenters. The van der Waals surface area contributed by atoms with Crippen LogP contribution in [0.15, 0.2) is 61.4 Å². The van der Waals surface area contributed by atoms with E-state index in [0.717, 1.165) is 54.1 Å². The highest BCUT2D eigenvalue weighted by molar-refractivity contribution is 5.70. The minimum absolute atomic E-state index is 0.298. The van der Waals surface area contributed by atoms with Gasteiger partial charge in [-0.15, -0.1) is 0 Å². The first kappa shape index (κ1) is 22.4. The third-order valence-electron chi connectivity index (χ3n) is 6.10. The van der Waals surface area contributed by atoms with E-state index < -0.39 is 0 Å². The SMILES string of the molecule is COCC1COCCN1CCn1cc(-c2cnc(-c3cccc(-c4cnn(C)c4)c3)nc2)cn1. The van der Waals surface area contributed by atoms with E-state index in [1.165, 1.54) is 0 Å². The Labute approximate surface area is 199 Å². The molecule has 0 saturated carbocycles. The van der Waals surface area contributed by atoms with Crippen LogP contribution in [0.5, 0.6) is 0 Å². The van der Waals surface area contributed by atoms with E-state index in [2.05, 4.69) is 37.2 Å². The molecule has 9 nitrogen and oxygen atoms in total. The lowest BCUT2D eigenvalue weighted by atomic mass is 10.1. The molecule has 176 valence electrons. The molecule has 1 aliphatic heterocycles. The van der Waals surface area contributed by atoms with Crippen molar-refractivity contribution in [2.24, 2.45) is 7.05 Å². The second kappa shape index (κ2) is 10.3. The topological polar surface area (TPSA) is 83.1 Å². The second-order valence-corrected chi connectivity index (χ2v) is 8.49. The minimum atomic E-state index is 0.298. The van der Waals surface area contributed by atoms with Crippen molar-refractivity contribution in [2.45, 2.75) is 12.6 Å². The molecule has 1 unspecified atom stereocenters. The van der Waals surface area contributed by atoms with Gasteiger partial charge in [0.25, 0.3) is 0 Å². The Hall–Kier alpha value is -3.40. The van der Waals surface area contributed by atoms with E-state index in [-0.39, 0.29) is 0 Å². The first-order valence-electron chi connectivity index (χ1n) is 11.4. The molecule has 0 bridgehead atoms. The zero-order valence-electron chi connectivity index (χ0n) is 19.5. The molecule has 0 radical (unpaired) electrons. The summed E-state index contributed by atoms with van der Waals surface area (Å²) in [6.45, 7) is 4.78. The van der Waals surface area contributed by atoms with Crippen molar-refractivity contribution in [3.63, 3.8) is 0 Å². The van der Waals surface area contributed by atoms with Gasteiger partial charge >= 0.3 is 0 Å². The van der Waals surface area contributed by atoms with Crippen molar-refractivity contribution in [2.75, 3.05) is 40.0 Å². The molecule has 1 aromatic carbocycles. The average molecular weight is 460 g/mol. The van der Waals surface area contributed by atoms with Gasteiger partial charge < -0.3 is 9.47 Å². The van der Waals surface area contributed by atoms with E-state index in [4.69, 9.17) is 9.47 Å². The monoisotopic (exact) mass is 459 g/mol. The van der Waals surface area contributed by atoms with Gasteiger partial charge in [-0.25, -0.2) is 9.97 Å². The lowest BCUT2D eigenvalue weighted by molar-refractivity contribution is -0.0363. The van der Waals surface area contributed by atoms with Crippen LogP contribution in [0.3, 0.4) is 0 Å². The fourth-order valence-electron chi connectivity index (χ4n) is 4.23. The van der Waals surface area contributed by atoms with Crippen molar-refractivity contribution in [3.05, 3.63) is 61.4 Å². The summed E-state index contributed by atoms with van der Waals surface area (Å²) in [6.07, 6.45) is 11.5.